The molecule has 234 valence electrons. The summed E-state index contributed by atoms with van der Waals surface area (Å²) >= 11 is 0. The molecule has 3 amide bonds. The van der Waals surface area contributed by atoms with Crippen molar-refractivity contribution in [2.75, 3.05) is 70.2 Å². The molecule has 3 aromatic carbocycles. The molecule has 1 saturated heterocycles. The monoisotopic (exact) mass is 602 g/mol. The van der Waals surface area contributed by atoms with Crippen molar-refractivity contribution in [3.05, 3.63) is 83.9 Å². The van der Waals surface area contributed by atoms with Crippen molar-refractivity contribution >= 4 is 29.6 Å². The Hall–Kier alpha value is -4.45. The van der Waals surface area contributed by atoms with Crippen molar-refractivity contribution < 1.29 is 23.9 Å². The van der Waals surface area contributed by atoms with Gasteiger partial charge in [-0.2, -0.15) is 0 Å². The van der Waals surface area contributed by atoms with Gasteiger partial charge in [0.2, 0.25) is 6.41 Å². The Kier molecular flexibility index (Phi) is 12.1. The Morgan fingerprint density at radius 2 is 1.59 bits per heavy atom. The third-order valence-electron chi connectivity index (χ3n) is 7.55. The number of carbonyl (C=O) groups excluding carboxylic acids is 3. The molecule has 0 saturated carbocycles. The van der Waals surface area contributed by atoms with Crippen molar-refractivity contribution in [3.8, 4) is 11.5 Å². The third-order valence-corrected chi connectivity index (χ3v) is 7.55. The number of likely N-dealkylation sites (N-methyl/N-ethyl adjacent to an activating group) is 1. The number of para-hydroxylation sites is 3. The Labute approximate surface area is 258 Å². The lowest BCUT2D eigenvalue weighted by molar-refractivity contribution is -0.111. The number of rotatable bonds is 15. The van der Waals surface area contributed by atoms with E-state index < -0.39 is 0 Å². The standard InChI is InChI=1S/C33H42N6O5/c1-37-18-20-39(21-19-37)31(35-24-40)16-23-44-30-11-6-4-9-28(30)38(2)33(42)25-12-14-26(15-13-25)36-32(41)27-8-3-5-10-29(27)43-22-7-17-34/h3-6,8-15,24,31H,7,16-23,34H2,1-2H3,(H,35,40)(H,36,41). The number of nitrogens with two attached hydrogens (primary N) is 1. The minimum atomic E-state index is -0.311. The fourth-order valence-electron chi connectivity index (χ4n) is 4.96. The number of amides is 3. The maximum atomic E-state index is 13.4. The number of benzene rings is 3. The zero-order valence-corrected chi connectivity index (χ0v) is 25.4. The first-order valence-corrected chi connectivity index (χ1v) is 14.9. The fraction of sp³-hybridized carbons (Fsp3) is 0.364. The molecule has 1 aliphatic heterocycles. The van der Waals surface area contributed by atoms with E-state index in [9.17, 15) is 14.4 Å². The molecule has 1 fully saturated rings. The van der Waals surface area contributed by atoms with Crippen LogP contribution in [0.1, 0.15) is 33.6 Å². The second-order valence-electron chi connectivity index (χ2n) is 10.6. The number of carbonyl (C=O) groups is 3. The molecular weight excluding hydrogens is 560 g/mol. The maximum Gasteiger partial charge on any atom is 0.259 e. The van der Waals surface area contributed by atoms with Crippen LogP contribution in [-0.2, 0) is 4.79 Å². The number of nitrogens with zero attached hydrogens (tertiary/aromatic N) is 3. The molecule has 0 aromatic heterocycles. The molecule has 1 unspecified atom stereocenters. The molecule has 11 nitrogen and oxygen atoms in total. The molecule has 0 spiro atoms. The number of nitrogens with one attached hydrogen (secondary N) is 2. The van der Waals surface area contributed by atoms with Crippen LogP contribution < -0.4 is 30.7 Å². The van der Waals surface area contributed by atoms with Gasteiger partial charge in [-0.05, 0) is 68.5 Å². The van der Waals surface area contributed by atoms with Gasteiger partial charge in [0.15, 0.2) is 0 Å². The quantitative estimate of drug-likeness (QED) is 0.179. The topological polar surface area (TPSA) is 129 Å². The van der Waals surface area contributed by atoms with E-state index in [0.29, 0.717) is 66.6 Å². The maximum absolute atomic E-state index is 13.4. The number of anilines is 2. The van der Waals surface area contributed by atoms with Gasteiger partial charge in [-0.1, -0.05) is 24.3 Å². The van der Waals surface area contributed by atoms with E-state index in [1.807, 2.05) is 30.3 Å². The summed E-state index contributed by atoms with van der Waals surface area (Å²) < 4.78 is 11.8. The van der Waals surface area contributed by atoms with Gasteiger partial charge in [0.1, 0.15) is 11.5 Å². The second-order valence-corrected chi connectivity index (χ2v) is 10.6. The van der Waals surface area contributed by atoms with E-state index in [4.69, 9.17) is 15.2 Å². The average molecular weight is 603 g/mol. The van der Waals surface area contributed by atoms with E-state index in [1.54, 1.807) is 54.4 Å². The summed E-state index contributed by atoms with van der Waals surface area (Å²) in [5, 5.41) is 5.79. The van der Waals surface area contributed by atoms with Crippen molar-refractivity contribution in [2.24, 2.45) is 5.73 Å². The van der Waals surface area contributed by atoms with Crippen LogP contribution in [0.15, 0.2) is 72.8 Å². The minimum Gasteiger partial charge on any atom is -0.493 e. The average Bonchev–Trinajstić information content (AvgIpc) is 3.05. The minimum absolute atomic E-state index is 0.121. The van der Waals surface area contributed by atoms with Crippen LogP contribution in [-0.4, -0.2) is 94.2 Å². The van der Waals surface area contributed by atoms with Crippen LogP contribution in [0.25, 0.3) is 0 Å². The summed E-state index contributed by atoms with van der Waals surface area (Å²) in [5.41, 5.74) is 7.59. The van der Waals surface area contributed by atoms with E-state index in [1.165, 1.54) is 0 Å². The Balaban J connectivity index is 1.36. The molecule has 0 radical (unpaired) electrons. The molecule has 3 aromatic rings. The van der Waals surface area contributed by atoms with Crippen LogP contribution in [0, 0.1) is 0 Å². The number of ether oxygens (including phenoxy) is 2. The SMILES string of the molecule is CN1CCN(C(CCOc2ccccc2N(C)C(=O)c2ccc(NC(=O)c3ccccc3OCCCN)cc2)NC=O)CC1. The van der Waals surface area contributed by atoms with Gasteiger partial charge >= 0.3 is 0 Å². The van der Waals surface area contributed by atoms with Gasteiger partial charge < -0.3 is 35.6 Å². The summed E-state index contributed by atoms with van der Waals surface area (Å²) in [6, 6.07) is 21.1. The Morgan fingerprint density at radius 3 is 2.30 bits per heavy atom. The lowest BCUT2D eigenvalue weighted by atomic mass is 10.1. The highest BCUT2D eigenvalue weighted by Crippen LogP contribution is 2.29. The molecular formula is C33H42N6O5. The normalized spacial score (nSPS) is 14.3. The zero-order valence-electron chi connectivity index (χ0n) is 25.4. The van der Waals surface area contributed by atoms with Crippen molar-refractivity contribution in [1.29, 1.82) is 0 Å². The molecule has 1 aliphatic rings. The lowest BCUT2D eigenvalue weighted by Crippen LogP contribution is -2.54. The van der Waals surface area contributed by atoms with E-state index in [0.717, 1.165) is 32.6 Å². The molecule has 1 atom stereocenters. The van der Waals surface area contributed by atoms with Crippen molar-refractivity contribution in [2.45, 2.75) is 19.0 Å². The highest BCUT2D eigenvalue weighted by atomic mass is 16.5. The summed E-state index contributed by atoms with van der Waals surface area (Å²) in [4.78, 5) is 43.7. The van der Waals surface area contributed by atoms with E-state index >= 15 is 0 Å². The van der Waals surface area contributed by atoms with E-state index in [2.05, 4.69) is 27.5 Å². The molecule has 11 heteroatoms. The first-order chi connectivity index (χ1) is 21.4. The van der Waals surface area contributed by atoms with Crippen molar-refractivity contribution in [3.63, 3.8) is 0 Å². The molecule has 1 heterocycles. The largest absolute Gasteiger partial charge is 0.493 e. The Bertz CT molecular complexity index is 1380. The summed E-state index contributed by atoms with van der Waals surface area (Å²) in [7, 11) is 3.79. The van der Waals surface area contributed by atoms with Crippen molar-refractivity contribution in [1.82, 2.24) is 15.1 Å². The van der Waals surface area contributed by atoms with Crippen LogP contribution >= 0.6 is 0 Å². The molecule has 4 rings (SSSR count). The first kappa shape index (κ1) is 32.5. The van der Waals surface area contributed by atoms with E-state index in [-0.39, 0.29) is 18.0 Å². The highest BCUT2D eigenvalue weighted by Gasteiger charge is 2.23. The molecule has 0 bridgehead atoms. The summed E-state index contributed by atoms with van der Waals surface area (Å²) in [5.74, 6) is 0.523. The van der Waals surface area contributed by atoms with Gasteiger partial charge in [0, 0.05) is 50.9 Å². The van der Waals surface area contributed by atoms with Crippen LogP contribution in [0.3, 0.4) is 0 Å². The fourth-order valence-corrected chi connectivity index (χ4v) is 4.96. The molecule has 44 heavy (non-hydrogen) atoms. The number of hydrogen-bond donors (Lipinski definition) is 3. The number of piperazine rings is 1. The van der Waals surface area contributed by atoms with Gasteiger partial charge in [-0.3, -0.25) is 19.3 Å². The van der Waals surface area contributed by atoms with Gasteiger partial charge in [0.25, 0.3) is 11.8 Å². The third kappa shape index (κ3) is 8.79. The van der Waals surface area contributed by atoms with Gasteiger partial charge in [0.05, 0.1) is 30.6 Å². The van der Waals surface area contributed by atoms with Crippen LogP contribution in [0.2, 0.25) is 0 Å². The lowest BCUT2D eigenvalue weighted by Gasteiger charge is -2.37. The highest BCUT2D eigenvalue weighted by molar-refractivity contribution is 6.08. The number of hydrogen-bond acceptors (Lipinski definition) is 8. The van der Waals surface area contributed by atoms with Crippen LogP contribution in [0.4, 0.5) is 11.4 Å². The summed E-state index contributed by atoms with van der Waals surface area (Å²) in [6.45, 7) is 4.93. The molecule has 0 aliphatic carbocycles. The van der Waals surface area contributed by atoms with Gasteiger partial charge in [-0.25, -0.2) is 0 Å². The predicted molar refractivity (Wildman–Crippen MR) is 171 cm³/mol. The predicted octanol–water partition coefficient (Wildman–Crippen LogP) is 3.03. The second kappa shape index (κ2) is 16.4. The first-order valence-electron chi connectivity index (χ1n) is 14.9. The van der Waals surface area contributed by atoms with Crippen LogP contribution in [0.5, 0.6) is 11.5 Å². The Morgan fingerprint density at radius 1 is 0.932 bits per heavy atom. The zero-order chi connectivity index (χ0) is 31.3. The smallest absolute Gasteiger partial charge is 0.259 e. The summed E-state index contributed by atoms with van der Waals surface area (Å²) in [6.07, 6.45) is 1.90. The molecule has 4 N–H and O–H groups in total. The van der Waals surface area contributed by atoms with Gasteiger partial charge in [-0.15, -0.1) is 0 Å².